The van der Waals surface area contributed by atoms with Gasteiger partial charge in [-0.15, -0.1) is 0 Å². The van der Waals surface area contributed by atoms with Crippen LogP contribution in [0.5, 0.6) is 11.5 Å². The molecule has 4 N–H and O–H groups in total. The molecule has 0 bridgehead atoms. The Labute approximate surface area is 139 Å². The summed E-state index contributed by atoms with van der Waals surface area (Å²) < 4.78 is 1.23. The van der Waals surface area contributed by atoms with Gasteiger partial charge in [-0.05, 0) is 12.1 Å². The Bertz CT molecular complexity index is 995. The number of carbonyl (C=O) groups is 1. The highest BCUT2D eigenvalue weighted by atomic mass is 16.3. The molecule has 0 radical (unpaired) electrons. The van der Waals surface area contributed by atoms with Gasteiger partial charge in [0.15, 0.2) is 11.5 Å². The van der Waals surface area contributed by atoms with Gasteiger partial charge in [0.25, 0.3) is 11.5 Å². The molecule has 1 aromatic carbocycles. The predicted octanol–water partition coefficient (Wildman–Crippen LogP) is -0.474. The second kappa shape index (κ2) is 6.62. The van der Waals surface area contributed by atoms with Gasteiger partial charge in [0, 0.05) is 11.8 Å². The lowest BCUT2D eigenvalue weighted by Crippen LogP contribution is -2.27. The number of hydrazone groups is 1. The minimum Gasteiger partial charge on any atom is -0.504 e. The average Bonchev–Trinajstić information content (AvgIpc) is 3.13. The molecule has 126 valence electrons. The molecule has 3 rings (SSSR count). The van der Waals surface area contributed by atoms with Gasteiger partial charge < -0.3 is 10.2 Å². The molecular weight excluding hydrogens is 330 g/mol. The summed E-state index contributed by atoms with van der Waals surface area (Å²) in [5, 5.41) is 26.4. The van der Waals surface area contributed by atoms with Crippen molar-refractivity contribution in [3.63, 3.8) is 0 Å². The Hall–Kier alpha value is -4.02. The van der Waals surface area contributed by atoms with Crippen LogP contribution in [0.25, 0.3) is 5.95 Å². The molecule has 11 heteroatoms. The van der Waals surface area contributed by atoms with Crippen LogP contribution in [0.4, 0.5) is 0 Å². The number of nitrogens with zero attached hydrogens (tertiary/aromatic N) is 5. The first kappa shape index (κ1) is 15.9. The van der Waals surface area contributed by atoms with Gasteiger partial charge >= 0.3 is 0 Å². The second-order valence-electron chi connectivity index (χ2n) is 4.70. The summed E-state index contributed by atoms with van der Waals surface area (Å²) in [6.07, 6.45) is 4.81. The van der Waals surface area contributed by atoms with E-state index in [4.69, 9.17) is 0 Å². The molecule has 0 fully saturated rings. The van der Waals surface area contributed by atoms with Crippen LogP contribution in [0, 0.1) is 0 Å². The zero-order valence-electron chi connectivity index (χ0n) is 12.5. The number of aromatic hydroxyl groups is 2. The predicted molar refractivity (Wildman–Crippen MR) is 84.6 cm³/mol. The number of hydrogen-bond acceptors (Lipinski definition) is 8. The van der Waals surface area contributed by atoms with E-state index in [1.165, 1.54) is 35.5 Å². The molecule has 0 aliphatic carbocycles. The van der Waals surface area contributed by atoms with Gasteiger partial charge in [-0.2, -0.15) is 14.9 Å². The molecule has 0 unspecified atom stereocenters. The van der Waals surface area contributed by atoms with Crippen molar-refractivity contribution in [2.24, 2.45) is 5.10 Å². The molecule has 0 aliphatic rings. The third kappa shape index (κ3) is 3.34. The smallest absolute Gasteiger partial charge is 0.278 e. The van der Waals surface area contributed by atoms with Crippen LogP contribution in [0.1, 0.15) is 15.9 Å². The maximum Gasteiger partial charge on any atom is 0.278 e. The molecule has 0 atom stereocenters. The number of phenolic OH excluding ortho intramolecular Hbond substituents is 2. The largest absolute Gasteiger partial charge is 0.504 e. The van der Waals surface area contributed by atoms with Crippen LogP contribution in [-0.4, -0.2) is 47.1 Å². The van der Waals surface area contributed by atoms with Gasteiger partial charge in [-0.3, -0.25) is 14.6 Å². The molecule has 2 aromatic heterocycles. The van der Waals surface area contributed by atoms with Crippen LogP contribution in [-0.2, 0) is 0 Å². The lowest BCUT2D eigenvalue weighted by Gasteiger charge is -2.02. The van der Waals surface area contributed by atoms with Crippen molar-refractivity contribution in [3.8, 4) is 17.4 Å². The fraction of sp³-hybridized carbons (Fsp3) is 0. The maximum absolute atomic E-state index is 12.0. The highest BCUT2D eigenvalue weighted by Gasteiger charge is 2.12. The van der Waals surface area contributed by atoms with Gasteiger partial charge in [0.05, 0.1) is 6.21 Å². The number of aromatic amines is 1. The Morgan fingerprint density at radius 1 is 1.36 bits per heavy atom. The highest BCUT2D eigenvalue weighted by molar-refractivity contribution is 5.94. The van der Waals surface area contributed by atoms with E-state index in [-0.39, 0.29) is 28.6 Å². The first-order valence-electron chi connectivity index (χ1n) is 6.85. The number of carbonyl (C=O) groups excluding carboxylic acids is 1. The minimum atomic E-state index is -0.796. The molecule has 2 heterocycles. The minimum absolute atomic E-state index is 0.104. The van der Waals surface area contributed by atoms with E-state index in [0.29, 0.717) is 0 Å². The summed E-state index contributed by atoms with van der Waals surface area (Å²) in [5.74, 6) is -1.39. The van der Waals surface area contributed by atoms with Crippen molar-refractivity contribution < 1.29 is 15.0 Å². The number of amides is 1. The third-order valence-corrected chi connectivity index (χ3v) is 3.08. The molecular formula is C14H11N7O4. The fourth-order valence-electron chi connectivity index (χ4n) is 1.85. The van der Waals surface area contributed by atoms with Crippen molar-refractivity contribution in [2.75, 3.05) is 0 Å². The molecule has 25 heavy (non-hydrogen) atoms. The maximum atomic E-state index is 12.0. The van der Waals surface area contributed by atoms with Gasteiger partial charge in [-0.25, -0.2) is 15.4 Å². The number of H-pyrrole nitrogens is 1. The first-order chi connectivity index (χ1) is 12.1. The standard InChI is InChI=1S/C14H11N7O4/c22-10-3-1-2-8(11(10)23)4-17-20-13(25)9-5-16-14(19-12(9)24)21-7-15-6-18-21/h1-7,22-23H,(H,20,25)(H,16,19,24)/b17-4+. The molecule has 0 saturated carbocycles. The van der Waals surface area contributed by atoms with Crippen molar-refractivity contribution >= 4 is 12.1 Å². The van der Waals surface area contributed by atoms with Crippen molar-refractivity contribution in [1.82, 2.24) is 30.2 Å². The van der Waals surface area contributed by atoms with E-state index in [2.05, 4.69) is 30.6 Å². The van der Waals surface area contributed by atoms with E-state index >= 15 is 0 Å². The van der Waals surface area contributed by atoms with E-state index in [0.717, 1.165) is 12.4 Å². The number of hydrogen-bond donors (Lipinski definition) is 4. The molecule has 11 nitrogen and oxygen atoms in total. The number of para-hydroxylation sites is 1. The third-order valence-electron chi connectivity index (χ3n) is 3.08. The summed E-state index contributed by atoms with van der Waals surface area (Å²) in [4.78, 5) is 34.0. The Morgan fingerprint density at radius 3 is 2.92 bits per heavy atom. The molecule has 3 aromatic rings. The molecule has 0 aliphatic heterocycles. The Morgan fingerprint density at radius 2 is 2.20 bits per heavy atom. The van der Waals surface area contributed by atoms with E-state index in [1.807, 2.05) is 0 Å². The van der Waals surface area contributed by atoms with Gasteiger partial charge in [0.1, 0.15) is 18.2 Å². The SMILES string of the molecule is O=C(N/N=C/c1cccc(O)c1O)c1cnc(-n2cncn2)[nH]c1=O. The van der Waals surface area contributed by atoms with Gasteiger partial charge in [-0.1, -0.05) is 6.07 Å². The first-order valence-corrected chi connectivity index (χ1v) is 6.85. The summed E-state index contributed by atoms with van der Waals surface area (Å²) >= 11 is 0. The lowest BCUT2D eigenvalue weighted by atomic mass is 10.2. The highest BCUT2D eigenvalue weighted by Crippen LogP contribution is 2.26. The summed E-state index contributed by atoms with van der Waals surface area (Å²) in [5.41, 5.74) is 1.37. The lowest BCUT2D eigenvalue weighted by molar-refractivity contribution is 0.0953. The van der Waals surface area contributed by atoms with Crippen LogP contribution >= 0.6 is 0 Å². The molecule has 0 spiro atoms. The van der Waals surface area contributed by atoms with Crippen LogP contribution in [0.2, 0.25) is 0 Å². The quantitative estimate of drug-likeness (QED) is 0.283. The number of phenols is 2. The van der Waals surface area contributed by atoms with Crippen LogP contribution in [0.3, 0.4) is 0 Å². The number of aromatic nitrogens is 5. The van der Waals surface area contributed by atoms with Crippen molar-refractivity contribution in [2.45, 2.75) is 0 Å². The monoisotopic (exact) mass is 341 g/mol. The van der Waals surface area contributed by atoms with Crippen molar-refractivity contribution in [3.05, 3.63) is 58.5 Å². The fourth-order valence-corrected chi connectivity index (χ4v) is 1.85. The van der Waals surface area contributed by atoms with Crippen LogP contribution < -0.4 is 11.0 Å². The van der Waals surface area contributed by atoms with E-state index < -0.39 is 11.5 Å². The topological polar surface area (TPSA) is 158 Å². The van der Waals surface area contributed by atoms with Gasteiger partial charge in [0.2, 0.25) is 5.95 Å². The number of benzene rings is 1. The number of nitrogens with one attached hydrogen (secondary N) is 2. The summed E-state index contributed by atoms with van der Waals surface area (Å²) in [7, 11) is 0. The average molecular weight is 341 g/mol. The Kier molecular flexibility index (Phi) is 4.20. The van der Waals surface area contributed by atoms with E-state index in [9.17, 15) is 19.8 Å². The normalized spacial score (nSPS) is 10.9. The second-order valence-corrected chi connectivity index (χ2v) is 4.70. The van der Waals surface area contributed by atoms with Crippen molar-refractivity contribution in [1.29, 1.82) is 0 Å². The number of rotatable bonds is 4. The zero-order chi connectivity index (χ0) is 17.8. The summed E-state index contributed by atoms with van der Waals surface area (Å²) in [6, 6.07) is 4.27. The summed E-state index contributed by atoms with van der Waals surface area (Å²) in [6.45, 7) is 0. The van der Waals surface area contributed by atoms with E-state index in [1.54, 1.807) is 0 Å². The molecule has 0 saturated heterocycles. The molecule has 1 amide bonds. The van der Waals surface area contributed by atoms with Crippen LogP contribution in [0.15, 0.2) is 46.9 Å². The zero-order valence-corrected chi connectivity index (χ0v) is 12.5. The Balaban J connectivity index is 1.74.